The Hall–Kier alpha value is -1.82. The summed E-state index contributed by atoms with van der Waals surface area (Å²) in [5.74, 6) is 1.30. The number of anilines is 2. The first-order chi connectivity index (χ1) is 8.66. The molecule has 2 aromatic rings. The molecule has 0 radical (unpaired) electrons. The van der Waals surface area contributed by atoms with Gasteiger partial charge in [-0.1, -0.05) is 0 Å². The van der Waals surface area contributed by atoms with Crippen molar-refractivity contribution in [2.24, 2.45) is 0 Å². The zero-order valence-electron chi connectivity index (χ0n) is 10.6. The summed E-state index contributed by atoms with van der Waals surface area (Å²) in [7, 11) is 2.02. The van der Waals surface area contributed by atoms with Crippen LogP contribution in [-0.4, -0.2) is 40.2 Å². The number of ether oxygens (including phenoxy) is 1. The van der Waals surface area contributed by atoms with Crippen molar-refractivity contribution in [1.82, 2.24) is 14.4 Å². The smallest absolute Gasteiger partial charge is 0.180 e. The second-order valence-corrected chi connectivity index (χ2v) is 4.69. The molecule has 3 rings (SSSR count). The Kier molecular flexibility index (Phi) is 2.59. The van der Waals surface area contributed by atoms with Gasteiger partial charge >= 0.3 is 0 Å². The van der Waals surface area contributed by atoms with E-state index in [4.69, 9.17) is 10.5 Å². The number of rotatable bonds is 2. The monoisotopic (exact) mass is 247 g/mol. The molecule has 96 valence electrons. The Bertz CT molecular complexity index is 567. The lowest BCUT2D eigenvalue weighted by atomic mass is 10.1. The topological polar surface area (TPSA) is 68.7 Å². The van der Waals surface area contributed by atoms with Gasteiger partial charge in [-0.25, -0.2) is 9.97 Å². The minimum atomic E-state index is 0.202. The van der Waals surface area contributed by atoms with Crippen LogP contribution < -0.4 is 10.6 Å². The van der Waals surface area contributed by atoms with Gasteiger partial charge in [0.15, 0.2) is 11.5 Å². The highest BCUT2D eigenvalue weighted by Crippen LogP contribution is 2.26. The molecule has 0 amide bonds. The van der Waals surface area contributed by atoms with Crippen LogP contribution >= 0.6 is 0 Å². The van der Waals surface area contributed by atoms with Crippen molar-refractivity contribution in [2.75, 3.05) is 24.3 Å². The number of hydrogen-bond donors (Lipinski definition) is 1. The van der Waals surface area contributed by atoms with Gasteiger partial charge in [0, 0.05) is 26.0 Å². The second kappa shape index (κ2) is 4.13. The molecule has 2 atom stereocenters. The first-order valence-electron chi connectivity index (χ1n) is 6.10. The fourth-order valence-electron chi connectivity index (χ4n) is 2.56. The third kappa shape index (κ3) is 1.69. The largest absolute Gasteiger partial charge is 0.382 e. The van der Waals surface area contributed by atoms with Gasteiger partial charge in [-0.05, 0) is 13.3 Å². The predicted molar refractivity (Wildman–Crippen MR) is 69.6 cm³/mol. The molecule has 0 spiro atoms. The van der Waals surface area contributed by atoms with Crippen LogP contribution in [-0.2, 0) is 4.74 Å². The van der Waals surface area contributed by atoms with Crippen molar-refractivity contribution < 1.29 is 4.74 Å². The maximum Gasteiger partial charge on any atom is 0.180 e. The average molecular weight is 247 g/mol. The molecule has 18 heavy (non-hydrogen) atoms. The summed E-state index contributed by atoms with van der Waals surface area (Å²) >= 11 is 0. The Morgan fingerprint density at radius 2 is 2.39 bits per heavy atom. The highest BCUT2D eigenvalue weighted by molar-refractivity contribution is 5.66. The zero-order chi connectivity index (χ0) is 12.7. The van der Waals surface area contributed by atoms with Gasteiger partial charge in [-0.2, -0.15) is 0 Å². The van der Waals surface area contributed by atoms with Crippen LogP contribution in [0.2, 0.25) is 0 Å². The average Bonchev–Trinajstić information content (AvgIpc) is 2.95. The van der Waals surface area contributed by atoms with Crippen molar-refractivity contribution in [3.63, 3.8) is 0 Å². The van der Waals surface area contributed by atoms with E-state index in [2.05, 4.69) is 21.8 Å². The van der Waals surface area contributed by atoms with Crippen LogP contribution in [0.1, 0.15) is 13.3 Å². The Morgan fingerprint density at radius 1 is 1.56 bits per heavy atom. The van der Waals surface area contributed by atoms with Gasteiger partial charge in [-0.15, -0.1) is 0 Å². The SMILES string of the molecule is CC1OCCC1N(C)c1nc(N)cn2ccnc12. The van der Waals surface area contributed by atoms with Crippen LogP contribution in [0.4, 0.5) is 11.6 Å². The highest BCUT2D eigenvalue weighted by Gasteiger charge is 2.30. The van der Waals surface area contributed by atoms with E-state index in [1.807, 2.05) is 17.6 Å². The minimum Gasteiger partial charge on any atom is -0.382 e. The number of nitrogens with two attached hydrogens (primary N) is 1. The predicted octanol–water partition coefficient (Wildman–Crippen LogP) is 0.925. The molecule has 0 aromatic carbocycles. The Balaban J connectivity index is 2.04. The van der Waals surface area contributed by atoms with Crippen LogP contribution in [0.25, 0.3) is 5.65 Å². The summed E-state index contributed by atoms with van der Waals surface area (Å²) in [5.41, 5.74) is 6.66. The standard InChI is InChI=1S/C12H17N5O/c1-8-9(3-6-18-8)16(2)12-11-14-4-5-17(11)7-10(13)15-12/h4-5,7-9H,3,6,13H2,1-2H3. The number of fused-ring (bicyclic) bond motifs is 1. The molecule has 0 bridgehead atoms. The number of likely N-dealkylation sites (N-methyl/N-ethyl adjacent to an activating group) is 1. The molecule has 1 aliphatic heterocycles. The molecule has 2 unspecified atom stereocenters. The molecule has 2 N–H and O–H groups in total. The van der Waals surface area contributed by atoms with Crippen molar-refractivity contribution in [3.8, 4) is 0 Å². The molecule has 6 heteroatoms. The quantitative estimate of drug-likeness (QED) is 0.854. The molecule has 6 nitrogen and oxygen atoms in total. The van der Waals surface area contributed by atoms with E-state index in [9.17, 15) is 0 Å². The number of aromatic nitrogens is 3. The number of nitrogen functional groups attached to an aromatic ring is 1. The molecule has 0 saturated carbocycles. The van der Waals surface area contributed by atoms with Crippen molar-refractivity contribution in [3.05, 3.63) is 18.6 Å². The van der Waals surface area contributed by atoms with Crippen molar-refractivity contribution in [2.45, 2.75) is 25.5 Å². The number of nitrogens with zero attached hydrogens (tertiary/aromatic N) is 4. The lowest BCUT2D eigenvalue weighted by Crippen LogP contribution is -2.37. The third-order valence-electron chi connectivity index (χ3n) is 3.54. The fraction of sp³-hybridized carbons (Fsp3) is 0.500. The molecule has 3 heterocycles. The molecule has 1 fully saturated rings. The Morgan fingerprint density at radius 3 is 3.11 bits per heavy atom. The van der Waals surface area contributed by atoms with Gasteiger partial charge in [0.05, 0.1) is 18.3 Å². The highest BCUT2D eigenvalue weighted by atomic mass is 16.5. The molecular weight excluding hydrogens is 230 g/mol. The maximum absolute atomic E-state index is 5.84. The van der Waals surface area contributed by atoms with Gasteiger partial charge in [0.2, 0.25) is 0 Å². The first kappa shape index (κ1) is 11.3. The van der Waals surface area contributed by atoms with E-state index in [0.717, 1.165) is 24.5 Å². The number of hydrogen-bond acceptors (Lipinski definition) is 5. The van der Waals surface area contributed by atoms with E-state index in [1.54, 1.807) is 12.4 Å². The summed E-state index contributed by atoms with van der Waals surface area (Å²) in [6.45, 7) is 2.88. The first-order valence-corrected chi connectivity index (χ1v) is 6.10. The molecular formula is C12H17N5O. The number of imidazole rings is 1. The van der Waals surface area contributed by atoms with E-state index >= 15 is 0 Å². The second-order valence-electron chi connectivity index (χ2n) is 4.69. The van der Waals surface area contributed by atoms with E-state index in [-0.39, 0.29) is 6.10 Å². The van der Waals surface area contributed by atoms with E-state index in [1.165, 1.54) is 0 Å². The lowest BCUT2D eigenvalue weighted by molar-refractivity contribution is 0.118. The summed E-state index contributed by atoms with van der Waals surface area (Å²) < 4.78 is 7.50. The summed E-state index contributed by atoms with van der Waals surface area (Å²) in [4.78, 5) is 10.9. The van der Waals surface area contributed by atoms with Crippen LogP contribution in [0, 0.1) is 0 Å². The summed E-state index contributed by atoms with van der Waals surface area (Å²) in [6, 6.07) is 0.319. The van der Waals surface area contributed by atoms with E-state index < -0.39 is 0 Å². The molecule has 1 saturated heterocycles. The lowest BCUT2D eigenvalue weighted by Gasteiger charge is -2.28. The van der Waals surface area contributed by atoms with Crippen LogP contribution in [0.15, 0.2) is 18.6 Å². The Labute approximate surface area is 105 Å². The molecule has 2 aromatic heterocycles. The molecule has 1 aliphatic rings. The van der Waals surface area contributed by atoms with Crippen molar-refractivity contribution in [1.29, 1.82) is 0 Å². The summed E-state index contributed by atoms with van der Waals surface area (Å²) in [5, 5.41) is 0. The normalized spacial score (nSPS) is 23.7. The minimum absolute atomic E-state index is 0.202. The van der Waals surface area contributed by atoms with Crippen LogP contribution in [0.3, 0.4) is 0 Å². The maximum atomic E-state index is 5.84. The van der Waals surface area contributed by atoms with Gasteiger partial charge in [0.1, 0.15) is 5.82 Å². The van der Waals surface area contributed by atoms with Crippen LogP contribution in [0.5, 0.6) is 0 Å². The molecule has 0 aliphatic carbocycles. The summed E-state index contributed by atoms with van der Waals surface area (Å²) in [6.07, 6.45) is 6.60. The fourth-order valence-corrected chi connectivity index (χ4v) is 2.56. The third-order valence-corrected chi connectivity index (χ3v) is 3.54. The van der Waals surface area contributed by atoms with Crippen molar-refractivity contribution >= 4 is 17.3 Å². The van der Waals surface area contributed by atoms with Gasteiger partial charge in [0.25, 0.3) is 0 Å². The van der Waals surface area contributed by atoms with Gasteiger partial charge in [-0.3, -0.25) is 0 Å². The van der Waals surface area contributed by atoms with E-state index in [0.29, 0.717) is 11.9 Å². The van der Waals surface area contributed by atoms with Gasteiger partial charge < -0.3 is 19.8 Å². The zero-order valence-corrected chi connectivity index (χ0v) is 10.6.